The molecule has 2 aromatic rings. The van der Waals surface area contributed by atoms with Crippen molar-refractivity contribution in [1.29, 1.82) is 0 Å². The van der Waals surface area contributed by atoms with Crippen LogP contribution in [-0.4, -0.2) is 18.2 Å². The van der Waals surface area contributed by atoms with Crippen LogP contribution in [0, 0.1) is 0 Å². The average Bonchev–Trinajstić information content (AvgIpc) is 2.47. The average molecular weight is 321 g/mol. The standard InChI is InChI=1S/C16H17ClN2OS/c17-14-10-13(18)6-7-15(14)21-11-16(20)19-9-8-12-4-2-1-3-5-12/h1-7,10H,8-9,11,18H2,(H,19,20). The van der Waals surface area contributed by atoms with Gasteiger partial charge in [0.15, 0.2) is 0 Å². The molecule has 0 bridgehead atoms. The van der Waals surface area contributed by atoms with E-state index in [1.807, 2.05) is 24.3 Å². The van der Waals surface area contributed by atoms with Gasteiger partial charge in [-0.2, -0.15) is 0 Å². The van der Waals surface area contributed by atoms with Gasteiger partial charge in [-0.05, 0) is 30.2 Å². The van der Waals surface area contributed by atoms with Gasteiger partial charge in [0.2, 0.25) is 5.91 Å². The molecule has 0 spiro atoms. The second kappa shape index (κ2) is 7.96. The Hall–Kier alpha value is -1.65. The van der Waals surface area contributed by atoms with Crippen LogP contribution in [0.4, 0.5) is 5.69 Å². The molecule has 0 aromatic heterocycles. The van der Waals surface area contributed by atoms with Gasteiger partial charge in [-0.15, -0.1) is 11.8 Å². The Balaban J connectivity index is 1.72. The van der Waals surface area contributed by atoms with E-state index in [9.17, 15) is 4.79 Å². The first-order chi connectivity index (χ1) is 10.1. The Morgan fingerprint density at radius 3 is 2.67 bits per heavy atom. The van der Waals surface area contributed by atoms with E-state index in [2.05, 4.69) is 17.4 Å². The summed E-state index contributed by atoms with van der Waals surface area (Å²) in [6.45, 7) is 0.638. The fourth-order valence-corrected chi connectivity index (χ4v) is 2.92. The lowest BCUT2D eigenvalue weighted by atomic mass is 10.1. The Morgan fingerprint density at radius 1 is 1.19 bits per heavy atom. The van der Waals surface area contributed by atoms with Crippen molar-refractivity contribution >= 4 is 35.0 Å². The van der Waals surface area contributed by atoms with Crippen molar-refractivity contribution in [2.45, 2.75) is 11.3 Å². The second-order valence-electron chi connectivity index (χ2n) is 4.56. The van der Waals surface area contributed by atoms with Gasteiger partial charge < -0.3 is 11.1 Å². The molecule has 0 saturated heterocycles. The first kappa shape index (κ1) is 15.7. The van der Waals surface area contributed by atoms with E-state index in [-0.39, 0.29) is 5.91 Å². The zero-order chi connectivity index (χ0) is 15.1. The van der Waals surface area contributed by atoms with E-state index in [0.717, 1.165) is 11.3 Å². The van der Waals surface area contributed by atoms with Crippen molar-refractivity contribution in [3.8, 4) is 0 Å². The third-order valence-corrected chi connectivity index (χ3v) is 4.39. The monoisotopic (exact) mass is 320 g/mol. The Morgan fingerprint density at radius 2 is 1.95 bits per heavy atom. The van der Waals surface area contributed by atoms with Crippen molar-refractivity contribution in [3.05, 3.63) is 59.1 Å². The number of amides is 1. The van der Waals surface area contributed by atoms with Crippen molar-refractivity contribution in [1.82, 2.24) is 5.32 Å². The molecule has 110 valence electrons. The third kappa shape index (κ3) is 5.33. The molecule has 1 amide bonds. The Labute approximate surface area is 133 Å². The number of rotatable bonds is 6. The largest absolute Gasteiger partial charge is 0.399 e. The topological polar surface area (TPSA) is 55.1 Å². The van der Waals surface area contributed by atoms with E-state index >= 15 is 0 Å². The van der Waals surface area contributed by atoms with Crippen LogP contribution in [0.5, 0.6) is 0 Å². The van der Waals surface area contributed by atoms with Crippen LogP contribution in [0.3, 0.4) is 0 Å². The second-order valence-corrected chi connectivity index (χ2v) is 5.99. The van der Waals surface area contributed by atoms with Crippen LogP contribution in [0.1, 0.15) is 5.56 Å². The molecule has 0 radical (unpaired) electrons. The zero-order valence-corrected chi connectivity index (χ0v) is 13.1. The van der Waals surface area contributed by atoms with Gasteiger partial charge in [0.05, 0.1) is 10.8 Å². The number of hydrogen-bond acceptors (Lipinski definition) is 3. The Kier molecular flexibility index (Phi) is 5.96. The van der Waals surface area contributed by atoms with Crippen LogP contribution >= 0.6 is 23.4 Å². The van der Waals surface area contributed by atoms with E-state index < -0.39 is 0 Å². The van der Waals surface area contributed by atoms with Gasteiger partial charge in [-0.1, -0.05) is 41.9 Å². The quantitative estimate of drug-likeness (QED) is 0.634. The smallest absolute Gasteiger partial charge is 0.230 e. The summed E-state index contributed by atoms with van der Waals surface area (Å²) < 4.78 is 0. The summed E-state index contributed by atoms with van der Waals surface area (Å²) in [7, 11) is 0. The number of benzene rings is 2. The maximum absolute atomic E-state index is 11.8. The van der Waals surface area contributed by atoms with Crippen molar-refractivity contribution in [2.75, 3.05) is 18.0 Å². The van der Waals surface area contributed by atoms with Crippen LogP contribution in [0.25, 0.3) is 0 Å². The molecule has 0 fully saturated rings. The van der Waals surface area contributed by atoms with E-state index in [0.29, 0.717) is 23.0 Å². The maximum atomic E-state index is 11.8. The summed E-state index contributed by atoms with van der Waals surface area (Å²) in [4.78, 5) is 12.6. The lowest BCUT2D eigenvalue weighted by molar-refractivity contribution is -0.118. The lowest BCUT2D eigenvalue weighted by Crippen LogP contribution is -2.27. The number of thioether (sulfide) groups is 1. The molecule has 0 saturated carbocycles. The van der Waals surface area contributed by atoms with Gasteiger partial charge in [0.25, 0.3) is 0 Å². The molecule has 0 atom stereocenters. The third-order valence-electron chi connectivity index (χ3n) is 2.89. The molecule has 3 nitrogen and oxygen atoms in total. The van der Waals surface area contributed by atoms with E-state index in [4.69, 9.17) is 17.3 Å². The number of halogens is 1. The number of carbonyl (C=O) groups is 1. The van der Waals surface area contributed by atoms with Crippen LogP contribution in [0.2, 0.25) is 5.02 Å². The summed E-state index contributed by atoms with van der Waals surface area (Å²) in [5.74, 6) is 0.349. The van der Waals surface area contributed by atoms with Gasteiger partial charge >= 0.3 is 0 Å². The van der Waals surface area contributed by atoms with Gasteiger partial charge in [0.1, 0.15) is 0 Å². The van der Waals surface area contributed by atoms with Gasteiger partial charge in [-0.3, -0.25) is 4.79 Å². The van der Waals surface area contributed by atoms with Crippen LogP contribution in [-0.2, 0) is 11.2 Å². The first-order valence-corrected chi connectivity index (χ1v) is 8.00. The minimum atomic E-state index is 0.00354. The molecular formula is C16H17ClN2OS. The first-order valence-electron chi connectivity index (χ1n) is 6.63. The molecule has 0 aliphatic carbocycles. The van der Waals surface area contributed by atoms with Crippen LogP contribution < -0.4 is 11.1 Å². The zero-order valence-electron chi connectivity index (χ0n) is 11.5. The lowest BCUT2D eigenvalue weighted by Gasteiger charge is -2.07. The summed E-state index contributed by atoms with van der Waals surface area (Å²) in [6.07, 6.45) is 0.833. The molecule has 0 heterocycles. The van der Waals surface area contributed by atoms with Crippen molar-refractivity contribution < 1.29 is 4.79 Å². The highest BCUT2D eigenvalue weighted by Crippen LogP contribution is 2.28. The number of hydrogen-bond donors (Lipinski definition) is 2. The minimum absolute atomic E-state index is 0.00354. The fraction of sp³-hybridized carbons (Fsp3) is 0.188. The molecule has 3 N–H and O–H groups in total. The van der Waals surface area contributed by atoms with E-state index in [1.165, 1.54) is 17.3 Å². The molecule has 0 aliphatic heterocycles. The predicted molar refractivity (Wildman–Crippen MR) is 89.7 cm³/mol. The number of anilines is 1. The normalized spacial score (nSPS) is 10.3. The number of nitrogens with two attached hydrogens (primary N) is 1. The van der Waals surface area contributed by atoms with Gasteiger partial charge in [-0.25, -0.2) is 0 Å². The van der Waals surface area contributed by atoms with Crippen LogP contribution in [0.15, 0.2) is 53.4 Å². The predicted octanol–water partition coefficient (Wildman–Crippen LogP) is 3.37. The summed E-state index contributed by atoms with van der Waals surface area (Å²) in [6, 6.07) is 15.4. The van der Waals surface area contributed by atoms with E-state index in [1.54, 1.807) is 12.1 Å². The molecule has 0 aliphatic rings. The molecule has 5 heteroatoms. The highest BCUT2D eigenvalue weighted by atomic mass is 35.5. The SMILES string of the molecule is Nc1ccc(SCC(=O)NCCc2ccccc2)c(Cl)c1. The number of nitrogens with one attached hydrogen (secondary N) is 1. The summed E-state index contributed by atoms with van der Waals surface area (Å²) in [5.41, 5.74) is 7.47. The molecule has 2 aromatic carbocycles. The fourth-order valence-electron chi connectivity index (χ4n) is 1.82. The summed E-state index contributed by atoms with van der Waals surface area (Å²) >= 11 is 7.48. The molecule has 2 rings (SSSR count). The minimum Gasteiger partial charge on any atom is -0.399 e. The molecule has 0 unspecified atom stereocenters. The molecule has 21 heavy (non-hydrogen) atoms. The highest BCUT2D eigenvalue weighted by Gasteiger charge is 2.06. The number of nitrogen functional groups attached to an aromatic ring is 1. The van der Waals surface area contributed by atoms with Gasteiger partial charge in [0, 0.05) is 17.1 Å². The van der Waals surface area contributed by atoms with Crippen molar-refractivity contribution in [2.24, 2.45) is 0 Å². The maximum Gasteiger partial charge on any atom is 0.230 e. The highest BCUT2D eigenvalue weighted by molar-refractivity contribution is 8.00. The summed E-state index contributed by atoms with van der Waals surface area (Å²) in [5, 5.41) is 3.49. The van der Waals surface area contributed by atoms with Crippen molar-refractivity contribution in [3.63, 3.8) is 0 Å². The number of carbonyl (C=O) groups excluding carboxylic acids is 1. The molecular weight excluding hydrogens is 304 g/mol. The Bertz CT molecular complexity index is 604.